The standard InChI is InChI=1S/C20H35F3N6O/c1-4-16-8-6-7-13-29(16)15-12-27-18(24-5-2)26-10-9-19(30,20(21,22)23)17-25-11-14-28(17)3/h11,14,16,30H,4-10,12-13,15H2,1-3H3,(H2,24,26,27). The molecule has 2 unspecified atom stereocenters. The molecule has 10 heteroatoms. The van der Waals surface area contributed by atoms with Gasteiger partial charge in [-0.2, -0.15) is 13.2 Å². The van der Waals surface area contributed by atoms with E-state index in [0.29, 0.717) is 25.1 Å². The number of imidazole rings is 1. The number of aliphatic imine (C=N–C) groups is 1. The van der Waals surface area contributed by atoms with Crippen LogP contribution in [0.5, 0.6) is 0 Å². The summed E-state index contributed by atoms with van der Waals surface area (Å²) in [5, 5.41) is 16.7. The number of hydrogen-bond donors (Lipinski definition) is 3. The lowest BCUT2D eigenvalue weighted by Crippen LogP contribution is -2.46. The molecule has 1 aliphatic heterocycles. The van der Waals surface area contributed by atoms with Gasteiger partial charge in [0.15, 0.2) is 5.96 Å². The highest BCUT2D eigenvalue weighted by Crippen LogP contribution is 2.40. The van der Waals surface area contributed by atoms with Crippen molar-refractivity contribution in [2.75, 3.05) is 32.7 Å². The number of nitrogens with one attached hydrogen (secondary N) is 2. The number of hydrogen-bond acceptors (Lipinski definition) is 4. The van der Waals surface area contributed by atoms with E-state index >= 15 is 0 Å². The minimum atomic E-state index is -4.85. The largest absolute Gasteiger partial charge is 0.424 e. The molecule has 3 N–H and O–H groups in total. The maximum absolute atomic E-state index is 13.6. The highest BCUT2D eigenvalue weighted by Gasteiger charge is 2.57. The molecule has 7 nitrogen and oxygen atoms in total. The van der Waals surface area contributed by atoms with Gasteiger partial charge in [0.1, 0.15) is 5.82 Å². The lowest BCUT2D eigenvalue weighted by Gasteiger charge is -2.35. The van der Waals surface area contributed by atoms with Gasteiger partial charge < -0.3 is 20.3 Å². The molecular formula is C20H35F3N6O. The zero-order valence-corrected chi connectivity index (χ0v) is 18.2. The van der Waals surface area contributed by atoms with Crippen LogP contribution in [0.1, 0.15) is 51.8 Å². The summed E-state index contributed by atoms with van der Waals surface area (Å²) in [7, 11) is 1.43. The van der Waals surface area contributed by atoms with Crippen LogP contribution in [0.2, 0.25) is 0 Å². The summed E-state index contributed by atoms with van der Waals surface area (Å²) in [4.78, 5) is 10.4. The molecule has 1 aromatic rings. The van der Waals surface area contributed by atoms with E-state index in [1.807, 2.05) is 6.92 Å². The Balaban J connectivity index is 1.96. The smallest absolute Gasteiger partial charge is 0.374 e. The first-order chi connectivity index (χ1) is 14.2. The number of aromatic nitrogens is 2. The second-order valence-electron chi connectivity index (χ2n) is 7.75. The molecular weight excluding hydrogens is 397 g/mol. The topological polar surface area (TPSA) is 77.7 Å². The summed E-state index contributed by atoms with van der Waals surface area (Å²) in [5.41, 5.74) is -3.05. The van der Waals surface area contributed by atoms with E-state index in [4.69, 9.17) is 0 Å². The Morgan fingerprint density at radius 1 is 1.30 bits per heavy atom. The van der Waals surface area contributed by atoms with Gasteiger partial charge in [0.05, 0.1) is 0 Å². The van der Waals surface area contributed by atoms with Gasteiger partial charge in [-0.15, -0.1) is 0 Å². The van der Waals surface area contributed by atoms with E-state index in [9.17, 15) is 18.3 Å². The first-order valence-electron chi connectivity index (χ1n) is 10.8. The Morgan fingerprint density at radius 3 is 2.67 bits per heavy atom. The fourth-order valence-corrected chi connectivity index (χ4v) is 3.95. The SMILES string of the molecule is CCNC(=NCCC(O)(c1nccn1C)C(F)(F)F)NCCN1CCCCC1CC. The van der Waals surface area contributed by atoms with E-state index in [2.05, 4.69) is 32.4 Å². The predicted molar refractivity (Wildman–Crippen MR) is 111 cm³/mol. The van der Waals surface area contributed by atoms with Crippen LogP contribution in [0, 0.1) is 0 Å². The highest BCUT2D eigenvalue weighted by atomic mass is 19.4. The molecule has 0 bridgehead atoms. The third-order valence-electron chi connectivity index (χ3n) is 5.66. The molecule has 2 rings (SSSR count). The maximum Gasteiger partial charge on any atom is 0.424 e. The van der Waals surface area contributed by atoms with Crippen molar-refractivity contribution in [2.24, 2.45) is 12.0 Å². The highest BCUT2D eigenvalue weighted by molar-refractivity contribution is 5.79. The van der Waals surface area contributed by atoms with Crippen LogP contribution >= 0.6 is 0 Å². The minimum absolute atomic E-state index is 0.195. The Kier molecular flexibility index (Phi) is 8.96. The van der Waals surface area contributed by atoms with E-state index in [-0.39, 0.29) is 6.54 Å². The summed E-state index contributed by atoms with van der Waals surface area (Å²) in [6.45, 7) is 7.10. The molecule has 1 aliphatic rings. The molecule has 172 valence electrons. The van der Waals surface area contributed by atoms with Gasteiger partial charge in [-0.25, -0.2) is 4.98 Å². The predicted octanol–water partition coefficient (Wildman–Crippen LogP) is 2.38. The molecule has 1 aromatic heterocycles. The Bertz CT molecular complexity index is 678. The molecule has 1 fully saturated rings. The molecule has 0 saturated carbocycles. The van der Waals surface area contributed by atoms with Crippen molar-refractivity contribution in [3.05, 3.63) is 18.2 Å². The number of aryl methyl sites for hydroxylation is 1. The number of nitrogens with zero attached hydrogens (tertiary/aromatic N) is 4. The van der Waals surface area contributed by atoms with Crippen molar-refractivity contribution in [1.82, 2.24) is 25.1 Å². The first kappa shape index (κ1) is 24.5. The second kappa shape index (κ2) is 11.0. The van der Waals surface area contributed by atoms with Crippen molar-refractivity contribution in [3.63, 3.8) is 0 Å². The summed E-state index contributed by atoms with van der Waals surface area (Å²) in [5.74, 6) is 0.0192. The summed E-state index contributed by atoms with van der Waals surface area (Å²) in [6, 6.07) is 0.597. The molecule has 0 aromatic carbocycles. The number of halogens is 3. The molecule has 0 aliphatic carbocycles. The van der Waals surface area contributed by atoms with Gasteiger partial charge in [0, 0.05) is 58.1 Å². The number of aliphatic hydroxyl groups is 1. The molecule has 2 heterocycles. The number of piperidine rings is 1. The van der Waals surface area contributed by atoms with Gasteiger partial charge in [-0.1, -0.05) is 13.3 Å². The van der Waals surface area contributed by atoms with Gasteiger partial charge in [-0.3, -0.25) is 9.89 Å². The molecule has 30 heavy (non-hydrogen) atoms. The van der Waals surface area contributed by atoms with Gasteiger partial charge >= 0.3 is 6.18 Å². The van der Waals surface area contributed by atoms with Crippen molar-refractivity contribution in [2.45, 2.75) is 63.8 Å². The van der Waals surface area contributed by atoms with E-state index in [1.165, 1.54) is 43.3 Å². The molecule has 2 atom stereocenters. The van der Waals surface area contributed by atoms with Crippen LogP contribution in [0.15, 0.2) is 17.4 Å². The summed E-state index contributed by atoms with van der Waals surface area (Å²) in [6.07, 6.45) is 1.97. The van der Waals surface area contributed by atoms with Gasteiger partial charge in [0.25, 0.3) is 0 Å². The normalized spacial score (nSPS) is 20.8. The molecule has 0 spiro atoms. The number of rotatable bonds is 9. The number of guanidine groups is 1. The van der Waals surface area contributed by atoms with Crippen molar-refractivity contribution < 1.29 is 18.3 Å². The fourth-order valence-electron chi connectivity index (χ4n) is 3.95. The maximum atomic E-state index is 13.6. The van der Waals surface area contributed by atoms with Crippen LogP contribution in [0.3, 0.4) is 0 Å². The lowest BCUT2D eigenvalue weighted by molar-refractivity contribution is -0.272. The monoisotopic (exact) mass is 432 g/mol. The van der Waals surface area contributed by atoms with Crippen LogP contribution in [-0.2, 0) is 12.6 Å². The fraction of sp³-hybridized carbons (Fsp3) is 0.800. The average Bonchev–Trinajstić information content (AvgIpc) is 3.13. The zero-order valence-electron chi connectivity index (χ0n) is 18.2. The summed E-state index contributed by atoms with van der Waals surface area (Å²) < 4.78 is 42.0. The quantitative estimate of drug-likeness (QED) is 0.413. The first-order valence-corrected chi connectivity index (χ1v) is 10.8. The zero-order chi connectivity index (χ0) is 22.2. The number of alkyl halides is 3. The third-order valence-corrected chi connectivity index (χ3v) is 5.66. The Hall–Kier alpha value is -1.81. The van der Waals surface area contributed by atoms with E-state index in [1.54, 1.807) is 0 Å². The van der Waals surface area contributed by atoms with Crippen LogP contribution in [0.25, 0.3) is 0 Å². The molecule has 0 amide bonds. The van der Waals surface area contributed by atoms with Gasteiger partial charge in [0.2, 0.25) is 5.60 Å². The Morgan fingerprint density at radius 2 is 2.07 bits per heavy atom. The Labute approximate surface area is 176 Å². The van der Waals surface area contributed by atoms with Gasteiger partial charge in [-0.05, 0) is 32.7 Å². The van der Waals surface area contributed by atoms with Crippen molar-refractivity contribution in [3.8, 4) is 0 Å². The van der Waals surface area contributed by atoms with E-state index in [0.717, 1.165) is 19.5 Å². The molecule has 0 radical (unpaired) electrons. The van der Waals surface area contributed by atoms with Crippen molar-refractivity contribution in [1.29, 1.82) is 0 Å². The van der Waals surface area contributed by atoms with E-state index < -0.39 is 24.0 Å². The minimum Gasteiger partial charge on any atom is -0.374 e. The lowest BCUT2D eigenvalue weighted by atomic mass is 9.98. The third kappa shape index (κ3) is 6.10. The average molecular weight is 433 g/mol. The van der Waals surface area contributed by atoms with Crippen LogP contribution < -0.4 is 10.6 Å². The second-order valence-corrected chi connectivity index (χ2v) is 7.75. The van der Waals surface area contributed by atoms with Crippen LogP contribution in [-0.4, -0.2) is 70.5 Å². The molecule has 1 saturated heterocycles. The summed E-state index contributed by atoms with van der Waals surface area (Å²) >= 11 is 0. The van der Waals surface area contributed by atoms with Crippen LogP contribution in [0.4, 0.5) is 13.2 Å². The number of likely N-dealkylation sites (tertiary alicyclic amines) is 1. The van der Waals surface area contributed by atoms with Crippen molar-refractivity contribution >= 4 is 5.96 Å².